The zero-order chi connectivity index (χ0) is 10.7. The van der Waals surface area contributed by atoms with Crippen LogP contribution in [0.2, 0.25) is 0 Å². The predicted molar refractivity (Wildman–Crippen MR) is 63.5 cm³/mol. The zero-order valence-electron chi connectivity index (χ0n) is 8.55. The van der Waals surface area contributed by atoms with Crippen LogP contribution < -0.4 is 0 Å². The zero-order valence-corrected chi connectivity index (χ0v) is 10.1. The topological polar surface area (TPSA) is 20.2 Å². The quantitative estimate of drug-likeness (QED) is 0.809. The Kier molecular flexibility index (Phi) is 3.76. The van der Waals surface area contributed by atoms with Crippen LogP contribution in [0.5, 0.6) is 0 Å². The molecule has 0 amide bonds. The number of benzene rings is 1. The summed E-state index contributed by atoms with van der Waals surface area (Å²) in [6.07, 6.45) is 0.817. The molecule has 14 heavy (non-hydrogen) atoms. The highest BCUT2D eigenvalue weighted by Gasteiger charge is 2.08. The van der Waals surface area contributed by atoms with Crippen molar-refractivity contribution < 1.29 is 5.11 Å². The Morgan fingerprint density at radius 1 is 1.57 bits per heavy atom. The second-order valence-corrected chi connectivity index (χ2v) is 4.55. The molecule has 76 valence electrons. The third-order valence-electron chi connectivity index (χ3n) is 2.30. The molecule has 0 saturated heterocycles. The van der Waals surface area contributed by atoms with Gasteiger partial charge in [0, 0.05) is 10.4 Å². The van der Waals surface area contributed by atoms with Crippen LogP contribution in [0, 0.1) is 12.8 Å². The van der Waals surface area contributed by atoms with Crippen LogP contribution in [0.15, 0.2) is 35.0 Å². The predicted octanol–water partition coefficient (Wildman–Crippen LogP) is 4.01. The molecule has 1 aromatic rings. The van der Waals surface area contributed by atoms with E-state index in [1.165, 1.54) is 11.1 Å². The van der Waals surface area contributed by atoms with Crippen LogP contribution in [0.25, 0.3) is 0 Å². The Bertz CT molecular complexity index is 344. The van der Waals surface area contributed by atoms with Gasteiger partial charge in [-0.3, -0.25) is 0 Å². The molecule has 0 aliphatic rings. The molecule has 2 heteroatoms. The molecule has 0 aromatic heterocycles. The third-order valence-corrected chi connectivity index (χ3v) is 3.07. The SMILES string of the molecule is C=C(O)[C@@H](C)Cc1cc(C)ccc1Br. The van der Waals surface area contributed by atoms with Gasteiger partial charge in [0.05, 0.1) is 5.76 Å². The van der Waals surface area contributed by atoms with E-state index in [0.717, 1.165) is 10.9 Å². The van der Waals surface area contributed by atoms with Crippen molar-refractivity contribution in [1.29, 1.82) is 0 Å². The van der Waals surface area contributed by atoms with E-state index in [9.17, 15) is 5.11 Å². The Morgan fingerprint density at radius 2 is 2.21 bits per heavy atom. The first-order chi connectivity index (χ1) is 6.50. The first-order valence-corrected chi connectivity index (χ1v) is 5.43. The summed E-state index contributed by atoms with van der Waals surface area (Å²) in [4.78, 5) is 0. The lowest BCUT2D eigenvalue weighted by molar-refractivity contribution is 0.342. The maximum absolute atomic E-state index is 9.23. The summed E-state index contributed by atoms with van der Waals surface area (Å²) < 4.78 is 1.09. The number of rotatable bonds is 3. The lowest BCUT2D eigenvalue weighted by Gasteiger charge is -2.11. The fraction of sp³-hybridized carbons (Fsp3) is 0.333. The number of aliphatic hydroxyl groups is 1. The molecule has 1 rings (SSSR count). The molecule has 0 aliphatic heterocycles. The van der Waals surface area contributed by atoms with Crippen LogP contribution in [0.1, 0.15) is 18.1 Å². The fourth-order valence-corrected chi connectivity index (χ4v) is 1.72. The van der Waals surface area contributed by atoms with Crippen molar-refractivity contribution in [3.63, 3.8) is 0 Å². The molecule has 0 bridgehead atoms. The molecule has 1 N–H and O–H groups in total. The molecule has 0 fully saturated rings. The van der Waals surface area contributed by atoms with Crippen molar-refractivity contribution in [1.82, 2.24) is 0 Å². The van der Waals surface area contributed by atoms with Gasteiger partial charge in [-0.15, -0.1) is 0 Å². The minimum absolute atomic E-state index is 0.105. The number of hydrogen-bond acceptors (Lipinski definition) is 1. The van der Waals surface area contributed by atoms with Crippen molar-refractivity contribution in [2.45, 2.75) is 20.3 Å². The van der Waals surface area contributed by atoms with Gasteiger partial charge in [0.2, 0.25) is 0 Å². The van der Waals surface area contributed by atoms with Gasteiger partial charge in [-0.2, -0.15) is 0 Å². The van der Waals surface area contributed by atoms with Gasteiger partial charge in [0.15, 0.2) is 0 Å². The van der Waals surface area contributed by atoms with Gasteiger partial charge < -0.3 is 5.11 Å². The molecule has 1 aromatic carbocycles. The third kappa shape index (κ3) is 2.88. The van der Waals surface area contributed by atoms with Crippen LogP contribution >= 0.6 is 15.9 Å². The van der Waals surface area contributed by atoms with Crippen LogP contribution in [-0.4, -0.2) is 5.11 Å². The number of hydrogen-bond donors (Lipinski definition) is 1. The molecule has 1 atom stereocenters. The van der Waals surface area contributed by atoms with Gasteiger partial charge in [-0.25, -0.2) is 0 Å². The second kappa shape index (κ2) is 4.65. The highest BCUT2D eigenvalue weighted by Crippen LogP contribution is 2.22. The highest BCUT2D eigenvalue weighted by molar-refractivity contribution is 9.10. The molecular formula is C12H15BrO. The van der Waals surface area contributed by atoms with Gasteiger partial charge >= 0.3 is 0 Å². The first-order valence-electron chi connectivity index (χ1n) is 4.63. The molecule has 0 aliphatic carbocycles. The Morgan fingerprint density at radius 3 is 2.79 bits per heavy atom. The van der Waals surface area contributed by atoms with Gasteiger partial charge in [0.25, 0.3) is 0 Å². The van der Waals surface area contributed by atoms with E-state index >= 15 is 0 Å². The number of aryl methyl sites for hydroxylation is 1. The molecule has 0 spiro atoms. The Labute approximate surface area is 93.6 Å². The summed E-state index contributed by atoms with van der Waals surface area (Å²) in [6.45, 7) is 7.58. The van der Waals surface area contributed by atoms with Crippen LogP contribution in [0.3, 0.4) is 0 Å². The average molecular weight is 255 g/mol. The minimum atomic E-state index is 0.105. The summed E-state index contributed by atoms with van der Waals surface area (Å²) in [7, 11) is 0. The maximum atomic E-state index is 9.23. The van der Waals surface area contributed by atoms with E-state index in [0.29, 0.717) is 0 Å². The second-order valence-electron chi connectivity index (χ2n) is 3.69. The van der Waals surface area contributed by atoms with E-state index < -0.39 is 0 Å². The number of aliphatic hydroxyl groups excluding tert-OH is 1. The van der Waals surface area contributed by atoms with Crippen molar-refractivity contribution in [2.24, 2.45) is 5.92 Å². The van der Waals surface area contributed by atoms with E-state index in [1.807, 2.05) is 13.0 Å². The van der Waals surface area contributed by atoms with Gasteiger partial charge in [-0.05, 0) is 25.0 Å². The lowest BCUT2D eigenvalue weighted by atomic mass is 9.99. The lowest BCUT2D eigenvalue weighted by Crippen LogP contribution is -2.02. The fourth-order valence-electron chi connectivity index (χ4n) is 1.31. The number of halogens is 1. The normalized spacial score (nSPS) is 12.5. The maximum Gasteiger partial charge on any atom is 0.0882 e. The highest BCUT2D eigenvalue weighted by atomic mass is 79.9. The van der Waals surface area contributed by atoms with Crippen molar-refractivity contribution >= 4 is 15.9 Å². The Balaban J connectivity index is 2.85. The van der Waals surface area contributed by atoms with Crippen molar-refractivity contribution in [2.75, 3.05) is 0 Å². The monoisotopic (exact) mass is 254 g/mol. The molecule has 1 nitrogen and oxygen atoms in total. The van der Waals surface area contributed by atoms with Crippen LogP contribution in [-0.2, 0) is 6.42 Å². The van der Waals surface area contributed by atoms with E-state index in [4.69, 9.17) is 0 Å². The van der Waals surface area contributed by atoms with Crippen molar-refractivity contribution in [3.05, 3.63) is 46.1 Å². The van der Waals surface area contributed by atoms with E-state index in [2.05, 4.69) is 41.6 Å². The Hall–Kier alpha value is -0.760. The number of allylic oxidation sites excluding steroid dienone is 1. The summed E-state index contributed by atoms with van der Waals surface area (Å²) in [6, 6.07) is 6.23. The molecule has 0 unspecified atom stereocenters. The first kappa shape index (κ1) is 11.3. The standard InChI is InChI=1S/C12H15BrO/c1-8-4-5-12(13)11(6-8)7-9(2)10(3)14/h4-6,9,14H,3,7H2,1-2H3/t9-/m0/s1. The van der Waals surface area contributed by atoms with Crippen LogP contribution in [0.4, 0.5) is 0 Å². The molecular weight excluding hydrogens is 240 g/mol. The van der Waals surface area contributed by atoms with Gasteiger partial charge in [0.1, 0.15) is 0 Å². The smallest absolute Gasteiger partial charge is 0.0882 e. The molecule has 0 radical (unpaired) electrons. The largest absolute Gasteiger partial charge is 0.513 e. The molecule has 0 saturated carbocycles. The summed E-state index contributed by atoms with van der Waals surface area (Å²) in [5.41, 5.74) is 2.45. The van der Waals surface area contributed by atoms with E-state index in [-0.39, 0.29) is 11.7 Å². The summed E-state index contributed by atoms with van der Waals surface area (Å²) in [5.74, 6) is 0.353. The molecule has 0 heterocycles. The minimum Gasteiger partial charge on any atom is -0.513 e. The van der Waals surface area contributed by atoms with E-state index in [1.54, 1.807) is 0 Å². The van der Waals surface area contributed by atoms with Gasteiger partial charge in [-0.1, -0.05) is 47.1 Å². The average Bonchev–Trinajstić information content (AvgIpc) is 2.11. The van der Waals surface area contributed by atoms with Crippen molar-refractivity contribution in [3.8, 4) is 0 Å². The summed E-state index contributed by atoms with van der Waals surface area (Å²) >= 11 is 3.50. The summed E-state index contributed by atoms with van der Waals surface area (Å²) in [5, 5.41) is 9.23.